The molecule has 0 bridgehead atoms. The Morgan fingerprint density at radius 1 is 1.14 bits per heavy atom. The standard InChI is InChI=1S/C17H26N2O2S/c1-3-20-15-10-9-13(11-16(15)21-4-2)12-18-17(22)19-14-7-5-6-8-14/h9-11,14H,3-8,12H2,1-2H3,(H2,18,19,22). The highest BCUT2D eigenvalue weighted by Gasteiger charge is 2.15. The minimum atomic E-state index is 0.541. The van der Waals surface area contributed by atoms with E-state index in [1.54, 1.807) is 0 Å². The summed E-state index contributed by atoms with van der Waals surface area (Å²) in [5.41, 5.74) is 1.13. The maximum Gasteiger partial charge on any atom is 0.166 e. The molecule has 1 aliphatic carbocycles. The van der Waals surface area contributed by atoms with Gasteiger partial charge in [-0.1, -0.05) is 18.9 Å². The van der Waals surface area contributed by atoms with E-state index in [1.165, 1.54) is 25.7 Å². The van der Waals surface area contributed by atoms with E-state index in [-0.39, 0.29) is 0 Å². The molecule has 0 heterocycles. The van der Waals surface area contributed by atoms with Crippen LogP contribution in [0.5, 0.6) is 11.5 Å². The van der Waals surface area contributed by atoms with Gasteiger partial charge in [-0.3, -0.25) is 0 Å². The smallest absolute Gasteiger partial charge is 0.166 e. The summed E-state index contributed by atoms with van der Waals surface area (Å²) in [7, 11) is 0. The Labute approximate surface area is 138 Å². The Balaban J connectivity index is 1.88. The molecule has 0 unspecified atom stereocenters. The van der Waals surface area contributed by atoms with E-state index in [0.717, 1.165) is 22.2 Å². The topological polar surface area (TPSA) is 42.5 Å². The Kier molecular flexibility index (Phi) is 6.77. The van der Waals surface area contributed by atoms with Crippen molar-refractivity contribution in [1.82, 2.24) is 10.6 Å². The molecule has 0 amide bonds. The largest absolute Gasteiger partial charge is 0.490 e. The van der Waals surface area contributed by atoms with Crippen LogP contribution in [0.2, 0.25) is 0 Å². The fourth-order valence-electron chi connectivity index (χ4n) is 2.69. The van der Waals surface area contributed by atoms with Gasteiger partial charge in [0.05, 0.1) is 13.2 Å². The molecular weight excluding hydrogens is 296 g/mol. The van der Waals surface area contributed by atoms with Crippen molar-refractivity contribution in [2.75, 3.05) is 13.2 Å². The molecule has 2 rings (SSSR count). The van der Waals surface area contributed by atoms with Gasteiger partial charge in [-0.25, -0.2) is 0 Å². The van der Waals surface area contributed by atoms with E-state index in [0.29, 0.717) is 25.8 Å². The second-order valence-electron chi connectivity index (χ2n) is 5.46. The number of nitrogens with one attached hydrogen (secondary N) is 2. The molecule has 1 aromatic carbocycles. The van der Waals surface area contributed by atoms with E-state index >= 15 is 0 Å². The number of hydrogen-bond acceptors (Lipinski definition) is 3. The molecule has 0 aromatic heterocycles. The van der Waals surface area contributed by atoms with Crippen LogP contribution in [0.3, 0.4) is 0 Å². The molecule has 1 fully saturated rings. The second kappa shape index (κ2) is 8.83. The van der Waals surface area contributed by atoms with Crippen LogP contribution in [0, 0.1) is 0 Å². The molecule has 0 aliphatic heterocycles. The van der Waals surface area contributed by atoms with Gasteiger partial charge in [-0.2, -0.15) is 0 Å². The van der Waals surface area contributed by atoms with Gasteiger partial charge >= 0.3 is 0 Å². The van der Waals surface area contributed by atoms with Gasteiger partial charge in [0.1, 0.15) is 0 Å². The number of thiocarbonyl (C=S) groups is 1. The Bertz CT molecular complexity index is 488. The van der Waals surface area contributed by atoms with Gasteiger partial charge in [-0.05, 0) is 56.6 Å². The summed E-state index contributed by atoms with van der Waals surface area (Å²) in [5, 5.41) is 7.39. The van der Waals surface area contributed by atoms with E-state index in [2.05, 4.69) is 10.6 Å². The lowest BCUT2D eigenvalue weighted by Crippen LogP contribution is -2.40. The molecule has 122 valence electrons. The maximum atomic E-state index is 5.64. The first-order chi connectivity index (χ1) is 10.7. The number of rotatable bonds is 7. The zero-order valence-corrected chi connectivity index (χ0v) is 14.3. The minimum Gasteiger partial charge on any atom is -0.490 e. The Morgan fingerprint density at radius 3 is 2.50 bits per heavy atom. The van der Waals surface area contributed by atoms with Crippen molar-refractivity contribution >= 4 is 17.3 Å². The first kappa shape index (κ1) is 16.9. The van der Waals surface area contributed by atoms with Crippen molar-refractivity contribution in [2.45, 2.75) is 52.1 Å². The zero-order chi connectivity index (χ0) is 15.8. The number of ether oxygens (including phenoxy) is 2. The Morgan fingerprint density at radius 2 is 1.82 bits per heavy atom. The highest BCUT2D eigenvalue weighted by Crippen LogP contribution is 2.28. The quantitative estimate of drug-likeness (QED) is 0.753. The van der Waals surface area contributed by atoms with Gasteiger partial charge in [0.2, 0.25) is 0 Å². The SMILES string of the molecule is CCOc1ccc(CNC(=S)NC2CCCC2)cc1OCC. The van der Waals surface area contributed by atoms with Crippen LogP contribution in [-0.2, 0) is 6.54 Å². The van der Waals surface area contributed by atoms with Gasteiger partial charge in [0, 0.05) is 12.6 Å². The van der Waals surface area contributed by atoms with Crippen molar-refractivity contribution < 1.29 is 9.47 Å². The van der Waals surface area contributed by atoms with Crippen LogP contribution in [-0.4, -0.2) is 24.4 Å². The van der Waals surface area contributed by atoms with Crippen LogP contribution >= 0.6 is 12.2 Å². The molecule has 0 saturated heterocycles. The summed E-state index contributed by atoms with van der Waals surface area (Å²) in [6.45, 7) is 5.89. The molecule has 1 aliphatic rings. The molecule has 4 nitrogen and oxygen atoms in total. The molecule has 5 heteroatoms. The van der Waals surface area contributed by atoms with E-state index in [1.807, 2.05) is 32.0 Å². The van der Waals surface area contributed by atoms with Crippen molar-refractivity contribution in [3.8, 4) is 11.5 Å². The van der Waals surface area contributed by atoms with Crippen molar-refractivity contribution in [1.29, 1.82) is 0 Å². The summed E-state index contributed by atoms with van der Waals surface area (Å²) in [6.07, 6.45) is 5.05. The fourth-order valence-corrected chi connectivity index (χ4v) is 2.93. The fraction of sp³-hybridized carbons (Fsp3) is 0.588. The van der Waals surface area contributed by atoms with Gasteiger partial charge in [-0.15, -0.1) is 0 Å². The van der Waals surface area contributed by atoms with Gasteiger partial charge < -0.3 is 20.1 Å². The predicted octanol–water partition coefficient (Wildman–Crippen LogP) is 3.39. The summed E-state index contributed by atoms with van der Waals surface area (Å²) in [4.78, 5) is 0. The summed E-state index contributed by atoms with van der Waals surface area (Å²) < 4.78 is 11.2. The molecule has 0 radical (unpaired) electrons. The lowest BCUT2D eigenvalue weighted by atomic mass is 10.2. The number of hydrogen-bond donors (Lipinski definition) is 2. The van der Waals surface area contributed by atoms with E-state index in [9.17, 15) is 0 Å². The lowest BCUT2D eigenvalue weighted by Gasteiger charge is -2.16. The van der Waals surface area contributed by atoms with Crippen molar-refractivity contribution in [2.24, 2.45) is 0 Å². The molecule has 2 N–H and O–H groups in total. The van der Waals surface area contributed by atoms with Crippen LogP contribution in [0.4, 0.5) is 0 Å². The van der Waals surface area contributed by atoms with Crippen molar-refractivity contribution in [3.63, 3.8) is 0 Å². The predicted molar refractivity (Wildman–Crippen MR) is 93.6 cm³/mol. The van der Waals surface area contributed by atoms with Gasteiger partial charge in [0.15, 0.2) is 16.6 Å². The third-order valence-corrected chi connectivity index (χ3v) is 4.01. The van der Waals surface area contributed by atoms with Crippen molar-refractivity contribution in [3.05, 3.63) is 23.8 Å². The summed E-state index contributed by atoms with van der Waals surface area (Å²) >= 11 is 5.36. The molecule has 1 aromatic rings. The van der Waals surface area contributed by atoms with E-state index in [4.69, 9.17) is 21.7 Å². The zero-order valence-electron chi connectivity index (χ0n) is 13.5. The molecule has 0 spiro atoms. The highest BCUT2D eigenvalue weighted by atomic mass is 32.1. The van der Waals surface area contributed by atoms with Crippen LogP contribution < -0.4 is 20.1 Å². The maximum absolute atomic E-state index is 5.64. The lowest BCUT2D eigenvalue weighted by molar-refractivity contribution is 0.287. The average molecular weight is 322 g/mol. The molecule has 1 saturated carbocycles. The molecular formula is C17H26N2O2S. The second-order valence-corrected chi connectivity index (χ2v) is 5.86. The van der Waals surface area contributed by atoms with Crippen LogP contribution in [0.15, 0.2) is 18.2 Å². The third-order valence-electron chi connectivity index (χ3n) is 3.75. The summed E-state index contributed by atoms with van der Waals surface area (Å²) in [5.74, 6) is 1.58. The number of benzene rings is 1. The third kappa shape index (κ3) is 5.05. The minimum absolute atomic E-state index is 0.541. The molecule has 0 atom stereocenters. The first-order valence-corrected chi connectivity index (χ1v) is 8.56. The monoisotopic (exact) mass is 322 g/mol. The highest BCUT2D eigenvalue weighted by molar-refractivity contribution is 7.80. The molecule has 22 heavy (non-hydrogen) atoms. The van der Waals surface area contributed by atoms with Gasteiger partial charge in [0.25, 0.3) is 0 Å². The summed E-state index contributed by atoms with van der Waals surface area (Å²) in [6, 6.07) is 6.55. The first-order valence-electron chi connectivity index (χ1n) is 8.15. The van der Waals surface area contributed by atoms with E-state index < -0.39 is 0 Å². The van der Waals surface area contributed by atoms with Crippen LogP contribution in [0.25, 0.3) is 0 Å². The van der Waals surface area contributed by atoms with Crippen LogP contribution in [0.1, 0.15) is 45.1 Å². The normalized spacial score (nSPS) is 14.6. The Hall–Kier alpha value is -1.49. The average Bonchev–Trinajstić information content (AvgIpc) is 3.01.